The van der Waals surface area contributed by atoms with Crippen molar-refractivity contribution in [2.45, 2.75) is 69.5 Å². The Hall–Kier alpha value is -3.43. The predicted molar refractivity (Wildman–Crippen MR) is 159 cm³/mol. The van der Waals surface area contributed by atoms with Crippen LogP contribution in [0, 0.1) is 12.7 Å². The smallest absolute Gasteiger partial charge is 0.264 e. The van der Waals surface area contributed by atoms with E-state index >= 15 is 0 Å². The topological polar surface area (TPSA) is 86.8 Å². The molecular formula is C31H35ClFN3O4S. The van der Waals surface area contributed by atoms with Crippen LogP contribution in [0.2, 0.25) is 5.02 Å². The van der Waals surface area contributed by atoms with E-state index in [0.717, 1.165) is 53.6 Å². The van der Waals surface area contributed by atoms with Gasteiger partial charge < -0.3 is 10.2 Å². The average Bonchev–Trinajstić information content (AvgIpc) is 2.97. The van der Waals surface area contributed by atoms with E-state index in [9.17, 15) is 22.4 Å². The number of carbonyl (C=O) groups is 2. The lowest BCUT2D eigenvalue weighted by atomic mass is 9.95. The Bertz CT molecular complexity index is 1480. The second-order valence-corrected chi connectivity index (χ2v) is 12.7. The maximum absolute atomic E-state index is 14.0. The molecule has 1 fully saturated rings. The van der Waals surface area contributed by atoms with Crippen LogP contribution in [0.15, 0.2) is 77.7 Å². The fourth-order valence-electron chi connectivity index (χ4n) is 5.01. The Balaban J connectivity index is 1.69. The van der Waals surface area contributed by atoms with Gasteiger partial charge in [0, 0.05) is 12.6 Å². The minimum absolute atomic E-state index is 0.0313. The van der Waals surface area contributed by atoms with Crippen molar-refractivity contribution in [2.75, 3.05) is 10.8 Å². The van der Waals surface area contributed by atoms with E-state index in [1.807, 2.05) is 31.2 Å². The van der Waals surface area contributed by atoms with Gasteiger partial charge in [0.05, 0.1) is 15.6 Å². The number of carbonyl (C=O) groups excluding carboxylic acids is 2. The molecule has 1 aliphatic carbocycles. The van der Waals surface area contributed by atoms with Crippen LogP contribution in [0.1, 0.15) is 50.2 Å². The first-order valence-electron chi connectivity index (χ1n) is 13.7. The number of halogens is 2. The molecule has 3 aromatic rings. The maximum Gasteiger partial charge on any atom is 0.264 e. The summed E-state index contributed by atoms with van der Waals surface area (Å²) in [5.41, 5.74) is 1.80. The summed E-state index contributed by atoms with van der Waals surface area (Å²) in [6.45, 7) is 3.05. The van der Waals surface area contributed by atoms with Gasteiger partial charge in [-0.25, -0.2) is 12.8 Å². The van der Waals surface area contributed by atoms with E-state index in [0.29, 0.717) is 0 Å². The van der Waals surface area contributed by atoms with Crippen molar-refractivity contribution in [1.29, 1.82) is 0 Å². The first-order valence-corrected chi connectivity index (χ1v) is 15.6. The van der Waals surface area contributed by atoms with Crippen molar-refractivity contribution in [2.24, 2.45) is 0 Å². The lowest BCUT2D eigenvalue weighted by molar-refractivity contribution is -0.139. The van der Waals surface area contributed by atoms with Gasteiger partial charge in [-0.05, 0) is 68.1 Å². The van der Waals surface area contributed by atoms with Gasteiger partial charge in [-0.15, -0.1) is 0 Å². The van der Waals surface area contributed by atoms with Gasteiger partial charge in [0.25, 0.3) is 10.0 Å². The zero-order valence-electron chi connectivity index (χ0n) is 23.2. The van der Waals surface area contributed by atoms with Crippen molar-refractivity contribution in [3.8, 4) is 0 Å². The summed E-state index contributed by atoms with van der Waals surface area (Å²) in [5.74, 6) is -1.59. The van der Waals surface area contributed by atoms with Gasteiger partial charge in [0.15, 0.2) is 0 Å². The molecule has 1 saturated carbocycles. The summed E-state index contributed by atoms with van der Waals surface area (Å²) >= 11 is 6.02. The number of anilines is 1. The highest BCUT2D eigenvalue weighted by Crippen LogP contribution is 2.28. The van der Waals surface area contributed by atoms with Crippen molar-refractivity contribution in [1.82, 2.24) is 10.2 Å². The van der Waals surface area contributed by atoms with Crippen molar-refractivity contribution < 1.29 is 22.4 Å². The van der Waals surface area contributed by atoms with Crippen LogP contribution in [-0.2, 0) is 26.2 Å². The number of hydrogen-bond donors (Lipinski definition) is 1. The summed E-state index contributed by atoms with van der Waals surface area (Å²) in [6.07, 6.45) is 4.99. The standard InChI is InChI=1S/C31H35ClFN3O4S/c1-22-11-9-10-12-24(22)20-35(23(2)31(38)34-25-13-5-3-6-14-25)30(37)21-36(26-17-18-29(33)28(32)19-26)41(39,40)27-15-7-4-8-16-27/h4,7-12,15-19,23,25H,3,5-6,13-14,20-21H2,1-2H3,(H,34,38)/t23-/m0/s1. The van der Waals surface area contributed by atoms with Gasteiger partial charge in [-0.1, -0.05) is 73.3 Å². The van der Waals surface area contributed by atoms with Gasteiger partial charge in [-0.3, -0.25) is 13.9 Å². The van der Waals surface area contributed by atoms with E-state index in [2.05, 4.69) is 5.32 Å². The first kappa shape index (κ1) is 30.5. The zero-order valence-corrected chi connectivity index (χ0v) is 24.8. The van der Waals surface area contributed by atoms with Gasteiger partial charge in [-0.2, -0.15) is 0 Å². The summed E-state index contributed by atoms with van der Waals surface area (Å²) in [7, 11) is -4.26. The maximum atomic E-state index is 14.0. The molecule has 0 heterocycles. The van der Waals surface area contributed by atoms with Crippen LogP contribution in [0.5, 0.6) is 0 Å². The number of aryl methyl sites for hydroxylation is 1. The normalized spacial score (nSPS) is 14.7. The molecule has 0 bridgehead atoms. The highest BCUT2D eigenvalue weighted by atomic mass is 35.5. The SMILES string of the molecule is Cc1ccccc1CN(C(=O)CN(c1ccc(F)c(Cl)c1)S(=O)(=O)c1ccccc1)[C@@H](C)C(=O)NC1CCCCC1. The highest BCUT2D eigenvalue weighted by Gasteiger charge is 2.33. The van der Waals surface area contributed by atoms with Crippen molar-refractivity contribution in [3.63, 3.8) is 0 Å². The molecule has 7 nitrogen and oxygen atoms in total. The summed E-state index contributed by atoms with van der Waals surface area (Å²) in [5, 5.41) is 2.81. The largest absolute Gasteiger partial charge is 0.352 e. The number of nitrogens with zero attached hydrogens (tertiary/aromatic N) is 2. The van der Waals surface area contributed by atoms with Gasteiger partial charge in [0.1, 0.15) is 18.4 Å². The first-order chi connectivity index (χ1) is 19.6. The Morgan fingerprint density at radius 1 is 1.00 bits per heavy atom. The Morgan fingerprint density at radius 3 is 2.32 bits per heavy atom. The van der Waals surface area contributed by atoms with E-state index in [1.165, 1.54) is 29.2 Å². The van der Waals surface area contributed by atoms with Crippen LogP contribution < -0.4 is 9.62 Å². The van der Waals surface area contributed by atoms with Crippen molar-refractivity contribution in [3.05, 3.63) is 94.8 Å². The van der Waals surface area contributed by atoms with Crippen LogP contribution in [-0.4, -0.2) is 43.8 Å². The van der Waals surface area contributed by atoms with Gasteiger partial charge >= 0.3 is 0 Å². The average molecular weight is 600 g/mol. The Labute approximate surface area is 246 Å². The lowest BCUT2D eigenvalue weighted by Crippen LogP contribution is -2.53. The number of hydrogen-bond acceptors (Lipinski definition) is 4. The molecular weight excluding hydrogens is 565 g/mol. The molecule has 2 amide bonds. The quantitative estimate of drug-likeness (QED) is 0.317. The molecule has 0 aliphatic heterocycles. The number of benzene rings is 3. The molecule has 0 aromatic heterocycles. The van der Waals surface area contributed by atoms with Crippen molar-refractivity contribution >= 4 is 39.1 Å². The van der Waals surface area contributed by atoms with E-state index in [-0.39, 0.29) is 34.1 Å². The molecule has 3 aromatic carbocycles. The molecule has 1 aliphatic rings. The highest BCUT2D eigenvalue weighted by molar-refractivity contribution is 7.92. The second-order valence-electron chi connectivity index (χ2n) is 10.4. The lowest BCUT2D eigenvalue weighted by Gasteiger charge is -2.33. The molecule has 0 radical (unpaired) electrons. The molecule has 1 atom stereocenters. The van der Waals surface area contributed by atoms with E-state index in [1.54, 1.807) is 25.1 Å². The molecule has 218 valence electrons. The number of sulfonamides is 1. The predicted octanol–water partition coefficient (Wildman–Crippen LogP) is 5.85. The molecule has 1 N–H and O–H groups in total. The van der Waals surface area contributed by atoms with Crippen LogP contribution in [0.3, 0.4) is 0 Å². The molecule has 4 rings (SSSR count). The summed E-state index contributed by atoms with van der Waals surface area (Å²) in [6, 6.07) is 17.9. The van der Waals surface area contributed by atoms with E-state index in [4.69, 9.17) is 11.6 Å². The number of nitrogens with one attached hydrogen (secondary N) is 1. The van der Waals surface area contributed by atoms with E-state index < -0.39 is 34.3 Å². The molecule has 10 heteroatoms. The third-order valence-electron chi connectivity index (χ3n) is 7.52. The minimum atomic E-state index is -4.26. The van der Waals surface area contributed by atoms with Crippen LogP contribution in [0.4, 0.5) is 10.1 Å². The van der Waals surface area contributed by atoms with Gasteiger partial charge in [0.2, 0.25) is 11.8 Å². The molecule has 0 spiro atoms. The second kappa shape index (κ2) is 13.5. The molecule has 41 heavy (non-hydrogen) atoms. The Morgan fingerprint density at radius 2 is 1.66 bits per heavy atom. The minimum Gasteiger partial charge on any atom is -0.352 e. The summed E-state index contributed by atoms with van der Waals surface area (Å²) < 4.78 is 42.5. The fourth-order valence-corrected chi connectivity index (χ4v) is 6.61. The summed E-state index contributed by atoms with van der Waals surface area (Å²) in [4.78, 5) is 28.8. The number of amides is 2. The molecule has 0 unspecified atom stereocenters. The molecule has 0 saturated heterocycles. The van der Waals surface area contributed by atoms with Crippen LogP contribution >= 0.6 is 11.6 Å². The zero-order chi connectivity index (χ0) is 29.6. The fraction of sp³-hybridized carbons (Fsp3) is 0.355. The monoisotopic (exact) mass is 599 g/mol. The Kier molecular flexibility index (Phi) is 10.0. The third-order valence-corrected chi connectivity index (χ3v) is 9.60. The van der Waals surface area contributed by atoms with Crippen LogP contribution in [0.25, 0.3) is 0 Å². The third kappa shape index (κ3) is 7.45. The number of rotatable bonds is 10.